The van der Waals surface area contributed by atoms with Gasteiger partial charge in [-0.1, -0.05) is 23.5 Å². The Morgan fingerprint density at radius 3 is 2.90 bits per heavy atom. The number of Topliss-reactive ketones (excluding diaryl/α,β-unsaturated/α-hetero) is 1. The quantitative estimate of drug-likeness (QED) is 0.396. The van der Waals surface area contributed by atoms with Gasteiger partial charge in [-0.25, -0.2) is 4.98 Å². The van der Waals surface area contributed by atoms with E-state index in [1.165, 1.54) is 36.6 Å². The molecule has 8 heteroatoms. The maximum absolute atomic E-state index is 11.3. The minimum absolute atomic E-state index is 0.00269. The lowest BCUT2D eigenvalue weighted by Gasteiger charge is -1.95. The highest BCUT2D eigenvalue weighted by Crippen LogP contribution is 2.22. The summed E-state index contributed by atoms with van der Waals surface area (Å²) < 4.78 is 0. The largest absolute Gasteiger partial charge is 0.294 e. The highest BCUT2D eigenvalue weighted by molar-refractivity contribution is 7.17. The van der Waals surface area contributed by atoms with Gasteiger partial charge in [-0.15, -0.1) is 0 Å². The van der Waals surface area contributed by atoms with E-state index >= 15 is 0 Å². The summed E-state index contributed by atoms with van der Waals surface area (Å²) in [5.74, 6) is -0.0410. The summed E-state index contributed by atoms with van der Waals surface area (Å²) in [4.78, 5) is 26.3. The molecular formula is C13H12N4O3S. The molecular weight excluding hydrogens is 292 g/mol. The molecule has 0 aliphatic rings. The molecule has 0 atom stereocenters. The number of aryl methyl sites for hydroxylation is 1. The van der Waals surface area contributed by atoms with Crippen LogP contribution < -0.4 is 5.43 Å². The average Bonchev–Trinajstić information content (AvgIpc) is 2.80. The average molecular weight is 304 g/mol. The summed E-state index contributed by atoms with van der Waals surface area (Å²) >= 11 is 1.22. The van der Waals surface area contributed by atoms with Crippen LogP contribution in [0.5, 0.6) is 0 Å². The molecule has 21 heavy (non-hydrogen) atoms. The lowest BCUT2D eigenvalue weighted by molar-refractivity contribution is -0.384. The van der Waals surface area contributed by atoms with E-state index < -0.39 is 4.92 Å². The van der Waals surface area contributed by atoms with E-state index in [0.29, 0.717) is 21.3 Å². The van der Waals surface area contributed by atoms with Crippen molar-refractivity contribution >= 4 is 34.2 Å². The van der Waals surface area contributed by atoms with Crippen LogP contribution in [0.2, 0.25) is 0 Å². The maximum Gasteiger partial charge on any atom is 0.270 e. The van der Waals surface area contributed by atoms with Crippen LogP contribution in [-0.4, -0.2) is 21.9 Å². The smallest absolute Gasteiger partial charge is 0.270 e. The van der Waals surface area contributed by atoms with Crippen LogP contribution >= 0.6 is 11.3 Å². The Bertz CT molecular complexity index is 724. The molecule has 0 spiro atoms. The summed E-state index contributed by atoms with van der Waals surface area (Å²) in [6.07, 6.45) is 1.46. The monoisotopic (exact) mass is 304 g/mol. The molecule has 1 N–H and O–H groups in total. The van der Waals surface area contributed by atoms with E-state index in [9.17, 15) is 14.9 Å². The summed E-state index contributed by atoms with van der Waals surface area (Å²) in [5.41, 5.74) is 3.96. The molecule has 0 bridgehead atoms. The number of benzene rings is 1. The molecule has 7 nitrogen and oxygen atoms in total. The number of non-ortho nitro benzene ring substituents is 1. The Balaban J connectivity index is 2.09. The molecule has 0 saturated heterocycles. The van der Waals surface area contributed by atoms with Crippen molar-refractivity contribution in [2.45, 2.75) is 13.8 Å². The first kappa shape index (κ1) is 14.8. The minimum atomic E-state index is -0.464. The lowest BCUT2D eigenvalue weighted by atomic mass is 10.2. The van der Waals surface area contributed by atoms with Gasteiger partial charge in [-0.2, -0.15) is 5.10 Å². The molecule has 1 heterocycles. The normalized spacial score (nSPS) is 10.8. The fourth-order valence-corrected chi connectivity index (χ4v) is 2.46. The first-order valence-corrected chi connectivity index (χ1v) is 6.81. The van der Waals surface area contributed by atoms with Crippen LogP contribution in [-0.2, 0) is 0 Å². The van der Waals surface area contributed by atoms with Crippen LogP contribution in [0.1, 0.15) is 27.9 Å². The van der Waals surface area contributed by atoms with Gasteiger partial charge in [-0.05, 0) is 6.92 Å². The third-order valence-electron chi connectivity index (χ3n) is 2.57. The van der Waals surface area contributed by atoms with Crippen molar-refractivity contribution in [2.75, 3.05) is 5.43 Å². The van der Waals surface area contributed by atoms with Crippen molar-refractivity contribution in [3.63, 3.8) is 0 Å². The van der Waals surface area contributed by atoms with Crippen LogP contribution in [0.4, 0.5) is 10.8 Å². The molecule has 0 radical (unpaired) electrons. The van der Waals surface area contributed by atoms with Gasteiger partial charge in [-0.3, -0.25) is 20.3 Å². The number of nitro groups is 1. The molecule has 0 saturated carbocycles. The summed E-state index contributed by atoms with van der Waals surface area (Å²) in [7, 11) is 0. The van der Waals surface area contributed by atoms with Gasteiger partial charge in [0.2, 0.25) is 5.13 Å². The van der Waals surface area contributed by atoms with Gasteiger partial charge < -0.3 is 0 Å². The molecule has 0 unspecified atom stereocenters. The van der Waals surface area contributed by atoms with E-state index in [0.717, 1.165) is 0 Å². The topological polar surface area (TPSA) is 97.5 Å². The van der Waals surface area contributed by atoms with Crippen molar-refractivity contribution < 1.29 is 9.72 Å². The number of hydrogen-bond acceptors (Lipinski definition) is 7. The number of nitrogens with zero attached hydrogens (tertiary/aromatic N) is 3. The van der Waals surface area contributed by atoms with Crippen molar-refractivity contribution in [3.8, 4) is 0 Å². The minimum Gasteiger partial charge on any atom is -0.294 e. The number of hydrazone groups is 1. The molecule has 1 aromatic heterocycles. The molecule has 0 amide bonds. The zero-order chi connectivity index (χ0) is 15.4. The number of carbonyl (C=O) groups is 1. The van der Waals surface area contributed by atoms with Crippen LogP contribution in [0.3, 0.4) is 0 Å². The zero-order valence-corrected chi connectivity index (χ0v) is 12.2. The second-order valence-electron chi connectivity index (χ2n) is 4.21. The molecule has 2 rings (SSSR count). The standard InChI is InChI=1S/C13H12N4O3S/c1-8-12(9(2)18)21-13(15-8)16-14-7-10-4-3-5-11(6-10)17(19)20/h3-7H,1-2H3,(H,15,16)/b14-7-. The summed E-state index contributed by atoms with van der Waals surface area (Å²) in [6, 6.07) is 6.11. The zero-order valence-electron chi connectivity index (χ0n) is 11.4. The number of nitro benzene ring substituents is 1. The van der Waals surface area contributed by atoms with Gasteiger partial charge in [0.1, 0.15) is 0 Å². The highest BCUT2D eigenvalue weighted by Gasteiger charge is 2.10. The predicted molar refractivity (Wildman–Crippen MR) is 81.2 cm³/mol. The van der Waals surface area contributed by atoms with Gasteiger partial charge in [0.25, 0.3) is 5.69 Å². The van der Waals surface area contributed by atoms with Crippen molar-refractivity contribution in [2.24, 2.45) is 5.10 Å². The molecule has 2 aromatic rings. The maximum atomic E-state index is 11.3. The number of ketones is 1. The summed E-state index contributed by atoms with van der Waals surface area (Å²) in [5, 5.41) is 15.1. The van der Waals surface area contributed by atoms with E-state index in [1.54, 1.807) is 19.1 Å². The third-order valence-corrected chi connectivity index (χ3v) is 3.73. The SMILES string of the molecule is CC(=O)c1sc(N/N=C\c2cccc([N+](=O)[O-])c2)nc1C. The second-order valence-corrected chi connectivity index (χ2v) is 5.21. The first-order valence-electron chi connectivity index (χ1n) is 5.99. The predicted octanol–water partition coefficient (Wildman–Crippen LogP) is 3.01. The Morgan fingerprint density at radius 2 is 2.29 bits per heavy atom. The summed E-state index contributed by atoms with van der Waals surface area (Å²) in [6.45, 7) is 3.24. The van der Waals surface area contributed by atoms with Gasteiger partial charge in [0.15, 0.2) is 5.78 Å². The van der Waals surface area contributed by atoms with E-state index in [-0.39, 0.29) is 11.5 Å². The van der Waals surface area contributed by atoms with Gasteiger partial charge >= 0.3 is 0 Å². The molecule has 0 aliphatic heterocycles. The fraction of sp³-hybridized carbons (Fsp3) is 0.154. The van der Waals surface area contributed by atoms with Crippen LogP contribution in [0.25, 0.3) is 0 Å². The number of rotatable bonds is 5. The van der Waals surface area contributed by atoms with E-state index in [1.807, 2.05) is 0 Å². The number of hydrogen-bond donors (Lipinski definition) is 1. The van der Waals surface area contributed by atoms with Crippen LogP contribution in [0, 0.1) is 17.0 Å². The second kappa shape index (κ2) is 6.23. The Kier molecular flexibility index (Phi) is 4.39. The van der Waals surface area contributed by atoms with Crippen molar-refractivity contribution in [1.82, 2.24) is 4.98 Å². The molecule has 108 valence electrons. The van der Waals surface area contributed by atoms with Crippen LogP contribution in [0.15, 0.2) is 29.4 Å². The van der Waals surface area contributed by atoms with Gasteiger partial charge in [0, 0.05) is 24.6 Å². The first-order chi connectivity index (χ1) is 9.97. The number of anilines is 1. The Labute approximate surface area is 124 Å². The van der Waals surface area contributed by atoms with Gasteiger partial charge in [0.05, 0.1) is 21.7 Å². The van der Waals surface area contributed by atoms with Crippen molar-refractivity contribution in [1.29, 1.82) is 0 Å². The molecule has 1 aromatic carbocycles. The lowest BCUT2D eigenvalue weighted by Crippen LogP contribution is -1.92. The highest BCUT2D eigenvalue weighted by atomic mass is 32.1. The Hall–Kier alpha value is -2.61. The third kappa shape index (κ3) is 3.69. The number of thiazole rings is 1. The van der Waals surface area contributed by atoms with E-state index in [2.05, 4.69) is 15.5 Å². The number of carbonyl (C=O) groups excluding carboxylic acids is 1. The molecule has 0 fully saturated rings. The fourth-order valence-electron chi connectivity index (χ4n) is 1.65. The number of nitrogens with one attached hydrogen (secondary N) is 1. The van der Waals surface area contributed by atoms with Crippen molar-refractivity contribution in [3.05, 3.63) is 50.5 Å². The number of aromatic nitrogens is 1. The molecule has 0 aliphatic carbocycles. The van der Waals surface area contributed by atoms with E-state index in [4.69, 9.17) is 0 Å². The Morgan fingerprint density at radius 1 is 1.52 bits per heavy atom.